The van der Waals surface area contributed by atoms with Gasteiger partial charge in [0.25, 0.3) is 11.5 Å². The third-order valence-corrected chi connectivity index (χ3v) is 5.65. The van der Waals surface area contributed by atoms with Crippen molar-refractivity contribution < 1.29 is 24.1 Å². The number of anilines is 2. The summed E-state index contributed by atoms with van der Waals surface area (Å²) in [5.41, 5.74) is 6.40. The minimum Gasteiger partial charge on any atom is -0.491 e. The van der Waals surface area contributed by atoms with Gasteiger partial charge >= 0.3 is 0 Å². The fourth-order valence-electron chi connectivity index (χ4n) is 3.82. The van der Waals surface area contributed by atoms with Crippen molar-refractivity contribution in [1.82, 2.24) is 19.4 Å². The highest BCUT2D eigenvalue weighted by atomic mass is 16.5. The molecule has 12 heteroatoms. The number of pyridine rings is 1. The number of nitrogen functional groups attached to an aromatic ring is 1. The van der Waals surface area contributed by atoms with Crippen molar-refractivity contribution in [3.05, 3.63) is 46.5 Å². The molecule has 0 aliphatic carbocycles. The van der Waals surface area contributed by atoms with Gasteiger partial charge in [0.05, 0.1) is 37.0 Å². The summed E-state index contributed by atoms with van der Waals surface area (Å²) >= 11 is 0. The number of nitrogens with two attached hydrogens (primary N) is 1. The Balaban J connectivity index is 1.62. The van der Waals surface area contributed by atoms with Gasteiger partial charge < -0.3 is 25.1 Å². The van der Waals surface area contributed by atoms with E-state index in [-0.39, 0.29) is 40.6 Å². The third kappa shape index (κ3) is 5.34. The molecule has 2 aromatic heterocycles. The van der Waals surface area contributed by atoms with Gasteiger partial charge in [0.15, 0.2) is 11.5 Å². The molecule has 1 aliphatic heterocycles. The van der Waals surface area contributed by atoms with E-state index >= 15 is 0 Å². The third-order valence-electron chi connectivity index (χ3n) is 5.65. The van der Waals surface area contributed by atoms with Crippen LogP contribution in [0.4, 0.5) is 11.6 Å². The Hall–Kier alpha value is -3.74. The van der Waals surface area contributed by atoms with Crippen LogP contribution >= 0.6 is 0 Å². The van der Waals surface area contributed by atoms with Crippen LogP contribution in [0.1, 0.15) is 10.4 Å². The van der Waals surface area contributed by atoms with Crippen molar-refractivity contribution in [1.29, 1.82) is 0 Å². The summed E-state index contributed by atoms with van der Waals surface area (Å²) in [6, 6.07) is 4.67. The van der Waals surface area contributed by atoms with Crippen LogP contribution < -0.4 is 26.1 Å². The van der Waals surface area contributed by atoms with E-state index in [1.165, 1.54) is 31.0 Å². The molecule has 1 aromatic carbocycles. The Morgan fingerprint density at radius 1 is 1.34 bits per heavy atom. The standard InChI is InChI=1S/C23H28N6O6/c1-28-22(32)16-10-17(24)19(35-13-15(30)12-29-6-8-34-9-7-29)20(33-2)18(16)26-23(28)27-21(31)14-4-3-5-25-11-14/h3-5,10-11,15,30H,6-9,12-13,24H2,1-2H3,(H,26,27,31)/t15-/m1/s1. The van der Waals surface area contributed by atoms with Crippen LogP contribution in [0.5, 0.6) is 11.5 Å². The molecule has 0 unspecified atom stereocenters. The number of nitrogens with one attached hydrogen (secondary N) is 1. The second kappa shape index (κ2) is 10.7. The highest BCUT2D eigenvalue weighted by Gasteiger charge is 2.22. The molecule has 12 nitrogen and oxygen atoms in total. The summed E-state index contributed by atoms with van der Waals surface area (Å²) in [6.45, 7) is 3.10. The molecule has 0 bridgehead atoms. The number of carbonyl (C=O) groups excluding carboxylic acids is 1. The summed E-state index contributed by atoms with van der Waals surface area (Å²) in [4.78, 5) is 36.1. The molecule has 0 spiro atoms. The van der Waals surface area contributed by atoms with Crippen molar-refractivity contribution >= 4 is 28.4 Å². The second-order valence-electron chi connectivity index (χ2n) is 8.10. The number of methoxy groups -OCH3 is 1. The number of ether oxygens (including phenoxy) is 3. The predicted molar refractivity (Wildman–Crippen MR) is 129 cm³/mol. The van der Waals surface area contributed by atoms with Crippen LogP contribution in [0.25, 0.3) is 10.9 Å². The number of β-amino-alcohol motifs (C(OH)–C–C–N with tert-alkyl or cyclic N) is 1. The lowest BCUT2D eigenvalue weighted by atomic mass is 10.1. The number of fused-ring (bicyclic) bond motifs is 1. The second-order valence-corrected chi connectivity index (χ2v) is 8.10. The van der Waals surface area contributed by atoms with E-state index in [9.17, 15) is 14.7 Å². The summed E-state index contributed by atoms with van der Waals surface area (Å²) < 4.78 is 17.9. The van der Waals surface area contributed by atoms with E-state index in [1.54, 1.807) is 18.3 Å². The number of hydrogen-bond acceptors (Lipinski definition) is 10. The normalized spacial score (nSPS) is 15.1. The van der Waals surface area contributed by atoms with Gasteiger partial charge in [-0.25, -0.2) is 4.98 Å². The summed E-state index contributed by atoms with van der Waals surface area (Å²) in [6.07, 6.45) is 2.18. The number of benzene rings is 1. The van der Waals surface area contributed by atoms with Crippen molar-refractivity contribution in [2.75, 3.05) is 57.6 Å². The topological polar surface area (TPSA) is 154 Å². The van der Waals surface area contributed by atoms with Crippen molar-refractivity contribution in [2.45, 2.75) is 6.10 Å². The minimum absolute atomic E-state index is 0.0118. The van der Waals surface area contributed by atoms with Gasteiger partial charge in [-0.1, -0.05) is 0 Å². The summed E-state index contributed by atoms with van der Waals surface area (Å²) in [5, 5.41) is 13.3. The maximum absolute atomic E-state index is 13.0. The first-order chi connectivity index (χ1) is 16.9. The van der Waals surface area contributed by atoms with Crippen LogP contribution in [0.2, 0.25) is 0 Å². The van der Waals surface area contributed by atoms with E-state index in [1.807, 2.05) is 0 Å². The largest absolute Gasteiger partial charge is 0.491 e. The molecular weight excluding hydrogens is 456 g/mol. The zero-order chi connectivity index (χ0) is 24.9. The average Bonchev–Trinajstić information content (AvgIpc) is 2.87. The van der Waals surface area contributed by atoms with Gasteiger partial charge in [-0.15, -0.1) is 0 Å². The Labute approximate surface area is 201 Å². The maximum Gasteiger partial charge on any atom is 0.262 e. The van der Waals surface area contributed by atoms with Gasteiger partial charge in [-0.3, -0.25) is 29.4 Å². The lowest BCUT2D eigenvalue weighted by Gasteiger charge is -2.28. The number of aliphatic hydroxyl groups is 1. The van der Waals surface area contributed by atoms with E-state index in [4.69, 9.17) is 19.9 Å². The highest BCUT2D eigenvalue weighted by Crippen LogP contribution is 2.39. The fraction of sp³-hybridized carbons (Fsp3) is 0.391. The van der Waals surface area contributed by atoms with E-state index in [0.717, 1.165) is 13.1 Å². The van der Waals surface area contributed by atoms with Crippen molar-refractivity contribution in [2.24, 2.45) is 7.05 Å². The van der Waals surface area contributed by atoms with E-state index < -0.39 is 17.6 Å². The van der Waals surface area contributed by atoms with Gasteiger partial charge in [-0.2, -0.15) is 0 Å². The zero-order valence-corrected chi connectivity index (χ0v) is 19.6. The lowest BCUT2D eigenvalue weighted by Crippen LogP contribution is -2.42. The van der Waals surface area contributed by atoms with Crippen molar-refractivity contribution in [3.63, 3.8) is 0 Å². The molecule has 4 rings (SSSR count). The van der Waals surface area contributed by atoms with Crippen LogP contribution in [0.15, 0.2) is 35.4 Å². The molecule has 3 aromatic rings. The SMILES string of the molecule is COc1c(OC[C@H](O)CN2CCOCC2)c(N)cc2c(=O)n(C)c(NC(=O)c3cccnc3)nc12. The fourth-order valence-corrected chi connectivity index (χ4v) is 3.82. The molecule has 0 radical (unpaired) electrons. The first kappa shape index (κ1) is 24.4. The molecular formula is C23H28N6O6. The van der Waals surface area contributed by atoms with Gasteiger partial charge in [0.2, 0.25) is 5.95 Å². The van der Waals surface area contributed by atoms with E-state index in [2.05, 4.69) is 20.2 Å². The maximum atomic E-state index is 13.0. The number of rotatable bonds is 8. The van der Waals surface area contributed by atoms with Crippen molar-refractivity contribution in [3.8, 4) is 11.5 Å². The van der Waals surface area contributed by atoms with E-state index in [0.29, 0.717) is 25.3 Å². The highest BCUT2D eigenvalue weighted by molar-refractivity contribution is 6.03. The van der Waals surface area contributed by atoms with Crippen LogP contribution in [-0.4, -0.2) is 83.1 Å². The zero-order valence-electron chi connectivity index (χ0n) is 19.6. The van der Waals surface area contributed by atoms with Gasteiger partial charge in [-0.05, 0) is 18.2 Å². The van der Waals surface area contributed by atoms with Gasteiger partial charge in [0.1, 0.15) is 18.2 Å². The van der Waals surface area contributed by atoms with Crippen LogP contribution in [0, 0.1) is 0 Å². The predicted octanol–water partition coefficient (Wildman–Crippen LogP) is 0.244. The lowest BCUT2D eigenvalue weighted by molar-refractivity contribution is 0.00455. The number of aliphatic hydroxyl groups excluding tert-OH is 1. The molecule has 3 heterocycles. The monoisotopic (exact) mass is 484 g/mol. The van der Waals surface area contributed by atoms with Crippen LogP contribution in [0.3, 0.4) is 0 Å². The molecule has 1 saturated heterocycles. The average molecular weight is 485 g/mol. The first-order valence-electron chi connectivity index (χ1n) is 11.1. The van der Waals surface area contributed by atoms with Crippen LogP contribution in [-0.2, 0) is 11.8 Å². The first-order valence-corrected chi connectivity index (χ1v) is 11.1. The molecule has 1 amide bonds. The molecule has 1 aliphatic rings. The molecule has 0 saturated carbocycles. The molecule has 35 heavy (non-hydrogen) atoms. The Morgan fingerprint density at radius 3 is 2.80 bits per heavy atom. The quantitative estimate of drug-likeness (QED) is 0.379. The Kier molecular flexibility index (Phi) is 7.44. The molecule has 1 fully saturated rings. The number of nitrogens with zero attached hydrogens (tertiary/aromatic N) is 4. The Bertz CT molecular complexity index is 1260. The Morgan fingerprint density at radius 2 is 2.11 bits per heavy atom. The molecule has 1 atom stereocenters. The summed E-state index contributed by atoms with van der Waals surface area (Å²) in [7, 11) is 2.89. The number of hydrogen-bond donors (Lipinski definition) is 3. The minimum atomic E-state index is -0.779. The molecule has 4 N–H and O–H groups in total. The number of carbonyl (C=O) groups is 1. The number of aromatic nitrogens is 3. The number of amides is 1. The molecule has 186 valence electrons. The number of morpholine rings is 1. The van der Waals surface area contributed by atoms with Gasteiger partial charge in [0, 0.05) is 39.1 Å². The summed E-state index contributed by atoms with van der Waals surface area (Å²) in [5.74, 6) is -0.172. The smallest absolute Gasteiger partial charge is 0.262 e.